The van der Waals surface area contributed by atoms with Gasteiger partial charge >= 0.3 is 5.97 Å². The van der Waals surface area contributed by atoms with E-state index in [1.807, 2.05) is 0 Å². The van der Waals surface area contributed by atoms with Gasteiger partial charge in [0.15, 0.2) is 0 Å². The number of cyclic esters (lactones) is 1. The Balaban J connectivity index is 2.14. The number of rotatable bonds is 5. The van der Waals surface area contributed by atoms with Crippen LogP contribution in [-0.4, -0.2) is 12.6 Å². The third-order valence-corrected chi connectivity index (χ3v) is 2.74. The fourth-order valence-corrected chi connectivity index (χ4v) is 1.83. The molecule has 1 unspecified atom stereocenters. The Morgan fingerprint density at radius 1 is 1.43 bits per heavy atom. The van der Waals surface area contributed by atoms with Gasteiger partial charge in [-0.05, 0) is 18.8 Å². The van der Waals surface area contributed by atoms with Gasteiger partial charge < -0.3 is 4.74 Å². The highest BCUT2D eigenvalue weighted by Gasteiger charge is 2.22. The summed E-state index contributed by atoms with van der Waals surface area (Å²) in [5.74, 6) is 0.326. The summed E-state index contributed by atoms with van der Waals surface area (Å²) in [5, 5.41) is 0. The fraction of sp³-hybridized carbons (Fsp3) is 0.750. The average molecular weight is 196 g/mol. The van der Waals surface area contributed by atoms with Gasteiger partial charge in [0.1, 0.15) is 0 Å². The molecule has 0 aromatic heterocycles. The summed E-state index contributed by atoms with van der Waals surface area (Å²) in [4.78, 5) is 11.0. The number of hydrogen-bond donors (Lipinski definition) is 0. The van der Waals surface area contributed by atoms with Gasteiger partial charge in [-0.3, -0.25) is 0 Å². The Morgan fingerprint density at radius 3 is 2.86 bits per heavy atom. The summed E-state index contributed by atoms with van der Waals surface area (Å²) in [5.41, 5.74) is 0.650. The second-order valence-electron chi connectivity index (χ2n) is 4.12. The maximum absolute atomic E-state index is 11.0. The molecule has 0 aromatic carbocycles. The van der Waals surface area contributed by atoms with Crippen molar-refractivity contribution in [2.24, 2.45) is 5.92 Å². The Hall–Kier alpha value is -0.790. The molecule has 0 bridgehead atoms. The van der Waals surface area contributed by atoms with Crippen molar-refractivity contribution < 1.29 is 9.53 Å². The molecule has 1 atom stereocenters. The van der Waals surface area contributed by atoms with Gasteiger partial charge in [-0.15, -0.1) is 0 Å². The molecule has 1 saturated heterocycles. The zero-order valence-corrected chi connectivity index (χ0v) is 9.05. The molecule has 0 N–H and O–H groups in total. The summed E-state index contributed by atoms with van der Waals surface area (Å²) in [6.07, 6.45) is 7.15. The van der Waals surface area contributed by atoms with Crippen LogP contribution >= 0.6 is 0 Å². The van der Waals surface area contributed by atoms with Crippen molar-refractivity contribution >= 4 is 5.97 Å². The molecule has 1 heterocycles. The number of hydrogen-bond acceptors (Lipinski definition) is 2. The first kappa shape index (κ1) is 11.3. The van der Waals surface area contributed by atoms with E-state index >= 15 is 0 Å². The first-order chi connectivity index (χ1) is 6.74. The molecule has 80 valence electrons. The zero-order chi connectivity index (χ0) is 10.4. The van der Waals surface area contributed by atoms with Gasteiger partial charge in [0.05, 0.1) is 6.61 Å². The van der Waals surface area contributed by atoms with E-state index in [0.29, 0.717) is 18.1 Å². The molecular formula is C12H20O2. The van der Waals surface area contributed by atoms with Crippen LogP contribution in [0.5, 0.6) is 0 Å². The van der Waals surface area contributed by atoms with E-state index in [2.05, 4.69) is 13.5 Å². The normalized spacial score (nSPS) is 22.2. The van der Waals surface area contributed by atoms with E-state index in [1.165, 1.54) is 32.1 Å². The van der Waals surface area contributed by atoms with Gasteiger partial charge in [0, 0.05) is 5.57 Å². The van der Waals surface area contributed by atoms with Crippen molar-refractivity contribution in [1.29, 1.82) is 0 Å². The van der Waals surface area contributed by atoms with Crippen molar-refractivity contribution in [2.45, 2.75) is 45.4 Å². The minimum absolute atomic E-state index is 0.199. The standard InChI is InChI=1S/C12H20O2/c1-3-4-5-6-7-11-8-10(2)12(13)14-9-11/h11H,2-9H2,1H3. The van der Waals surface area contributed by atoms with Gasteiger partial charge in [-0.2, -0.15) is 0 Å². The molecule has 2 nitrogen and oxygen atoms in total. The van der Waals surface area contributed by atoms with Crippen molar-refractivity contribution in [3.63, 3.8) is 0 Å². The van der Waals surface area contributed by atoms with Gasteiger partial charge in [-0.1, -0.05) is 39.2 Å². The largest absolute Gasteiger partial charge is 0.462 e. The van der Waals surface area contributed by atoms with Crippen molar-refractivity contribution in [1.82, 2.24) is 0 Å². The van der Waals surface area contributed by atoms with Crippen LogP contribution < -0.4 is 0 Å². The third kappa shape index (κ3) is 3.52. The molecule has 0 aliphatic carbocycles. The second kappa shape index (κ2) is 5.84. The molecule has 2 heteroatoms. The Morgan fingerprint density at radius 2 is 2.21 bits per heavy atom. The smallest absolute Gasteiger partial charge is 0.333 e. The van der Waals surface area contributed by atoms with Gasteiger partial charge in [-0.25, -0.2) is 4.79 Å². The third-order valence-electron chi connectivity index (χ3n) is 2.74. The average Bonchev–Trinajstić information content (AvgIpc) is 2.18. The van der Waals surface area contributed by atoms with Gasteiger partial charge in [0.25, 0.3) is 0 Å². The quantitative estimate of drug-likeness (QED) is 0.384. The van der Waals surface area contributed by atoms with E-state index in [4.69, 9.17) is 4.74 Å². The number of carbonyl (C=O) groups is 1. The van der Waals surface area contributed by atoms with E-state index in [0.717, 1.165) is 6.42 Å². The summed E-state index contributed by atoms with van der Waals surface area (Å²) in [6.45, 7) is 6.53. The number of unbranched alkanes of at least 4 members (excludes halogenated alkanes) is 3. The van der Waals surface area contributed by atoms with Crippen molar-refractivity contribution in [3.8, 4) is 0 Å². The molecule has 1 aliphatic heterocycles. The lowest BCUT2D eigenvalue weighted by molar-refractivity contribution is -0.143. The maximum atomic E-state index is 11.0. The summed E-state index contributed by atoms with van der Waals surface area (Å²) in [7, 11) is 0. The molecule has 0 amide bonds. The molecule has 14 heavy (non-hydrogen) atoms. The zero-order valence-electron chi connectivity index (χ0n) is 9.05. The van der Waals surface area contributed by atoms with Crippen LogP contribution in [0.25, 0.3) is 0 Å². The van der Waals surface area contributed by atoms with E-state index < -0.39 is 0 Å². The predicted octanol–water partition coefficient (Wildman–Crippen LogP) is 3.08. The lowest BCUT2D eigenvalue weighted by atomic mass is 9.93. The molecular weight excluding hydrogens is 176 g/mol. The first-order valence-electron chi connectivity index (χ1n) is 5.59. The lowest BCUT2D eigenvalue weighted by Crippen LogP contribution is -2.23. The molecule has 0 spiro atoms. The molecule has 1 rings (SSSR count). The highest BCUT2D eigenvalue weighted by atomic mass is 16.5. The second-order valence-corrected chi connectivity index (χ2v) is 4.12. The van der Waals surface area contributed by atoms with Crippen LogP contribution in [-0.2, 0) is 9.53 Å². The predicted molar refractivity (Wildman–Crippen MR) is 57.0 cm³/mol. The highest BCUT2D eigenvalue weighted by molar-refractivity contribution is 5.88. The topological polar surface area (TPSA) is 26.3 Å². The van der Waals surface area contributed by atoms with Crippen LogP contribution in [0.3, 0.4) is 0 Å². The van der Waals surface area contributed by atoms with Gasteiger partial charge in [0.2, 0.25) is 0 Å². The fourth-order valence-electron chi connectivity index (χ4n) is 1.83. The number of ether oxygens (including phenoxy) is 1. The maximum Gasteiger partial charge on any atom is 0.333 e. The van der Waals surface area contributed by atoms with Crippen molar-refractivity contribution in [2.75, 3.05) is 6.61 Å². The van der Waals surface area contributed by atoms with Crippen molar-refractivity contribution in [3.05, 3.63) is 12.2 Å². The Kier molecular flexibility index (Phi) is 4.71. The lowest BCUT2D eigenvalue weighted by Gasteiger charge is -2.22. The Labute approximate surface area is 86.3 Å². The summed E-state index contributed by atoms with van der Waals surface area (Å²) in [6, 6.07) is 0. The molecule has 0 saturated carbocycles. The minimum Gasteiger partial charge on any atom is -0.462 e. The molecule has 0 aromatic rings. The van der Waals surface area contributed by atoms with E-state index in [-0.39, 0.29) is 5.97 Å². The molecule has 0 radical (unpaired) electrons. The monoisotopic (exact) mass is 196 g/mol. The van der Waals surface area contributed by atoms with Crippen LogP contribution in [0.1, 0.15) is 45.4 Å². The minimum atomic E-state index is -0.199. The summed E-state index contributed by atoms with van der Waals surface area (Å²) < 4.78 is 5.02. The van der Waals surface area contributed by atoms with Crippen LogP contribution in [0.2, 0.25) is 0 Å². The SMILES string of the molecule is C=C1CC(CCCCCC)COC1=O. The van der Waals surface area contributed by atoms with Crippen LogP contribution in [0.15, 0.2) is 12.2 Å². The Bertz CT molecular complexity index is 208. The van der Waals surface area contributed by atoms with Crippen LogP contribution in [0.4, 0.5) is 0 Å². The first-order valence-corrected chi connectivity index (χ1v) is 5.59. The number of esters is 1. The van der Waals surface area contributed by atoms with Crippen LogP contribution in [0, 0.1) is 5.92 Å². The van der Waals surface area contributed by atoms with E-state index in [1.54, 1.807) is 0 Å². The number of carbonyl (C=O) groups excluding carboxylic acids is 1. The van der Waals surface area contributed by atoms with E-state index in [9.17, 15) is 4.79 Å². The summed E-state index contributed by atoms with van der Waals surface area (Å²) >= 11 is 0. The molecule has 1 fully saturated rings. The highest BCUT2D eigenvalue weighted by Crippen LogP contribution is 2.23. The molecule has 1 aliphatic rings.